The van der Waals surface area contributed by atoms with Gasteiger partial charge in [-0.05, 0) is 36.8 Å². The molecule has 0 radical (unpaired) electrons. The maximum atomic E-state index is 11.5. The van der Waals surface area contributed by atoms with Crippen LogP contribution < -0.4 is 20.2 Å². The topological polar surface area (TPSA) is 115 Å². The Labute approximate surface area is 156 Å². The minimum atomic E-state index is -0.484. The molecule has 2 aromatic rings. The molecule has 0 saturated heterocycles. The molecule has 0 fully saturated rings. The molecule has 142 valence electrons. The first-order valence-electron chi connectivity index (χ1n) is 8.15. The van der Waals surface area contributed by atoms with Crippen LogP contribution in [-0.4, -0.2) is 37.3 Å². The average molecular weight is 372 g/mol. The molecule has 27 heavy (non-hydrogen) atoms. The van der Waals surface area contributed by atoms with Crippen molar-refractivity contribution in [2.24, 2.45) is 5.10 Å². The molecule has 0 aliphatic rings. The minimum Gasteiger partial charge on any atom is -0.493 e. The number of ether oxygens (including phenoxy) is 2. The van der Waals surface area contributed by atoms with Gasteiger partial charge >= 0.3 is 0 Å². The summed E-state index contributed by atoms with van der Waals surface area (Å²) in [6, 6.07) is 11.3. The summed E-state index contributed by atoms with van der Waals surface area (Å²) in [5.41, 5.74) is 3.55. The van der Waals surface area contributed by atoms with E-state index in [4.69, 9.17) is 9.47 Å². The molecule has 0 atom stereocenters. The van der Waals surface area contributed by atoms with E-state index in [9.17, 15) is 14.9 Å². The van der Waals surface area contributed by atoms with E-state index in [1.165, 1.54) is 19.4 Å². The monoisotopic (exact) mass is 372 g/mol. The predicted molar refractivity (Wildman–Crippen MR) is 101 cm³/mol. The first-order valence-corrected chi connectivity index (χ1v) is 8.15. The number of methoxy groups -OCH3 is 1. The summed E-state index contributed by atoms with van der Waals surface area (Å²) in [5.74, 6) is 0.639. The number of hydrogen-bond acceptors (Lipinski definition) is 7. The van der Waals surface area contributed by atoms with Gasteiger partial charge in [-0.3, -0.25) is 20.3 Å². The molecule has 0 heterocycles. The van der Waals surface area contributed by atoms with Gasteiger partial charge in [-0.15, -0.1) is 0 Å². The van der Waals surface area contributed by atoms with Gasteiger partial charge in [-0.2, -0.15) is 5.10 Å². The third kappa shape index (κ3) is 5.70. The van der Waals surface area contributed by atoms with Crippen molar-refractivity contribution in [2.75, 3.05) is 25.7 Å². The van der Waals surface area contributed by atoms with Crippen molar-refractivity contribution in [1.29, 1.82) is 0 Å². The Balaban J connectivity index is 2.06. The zero-order valence-electron chi connectivity index (χ0n) is 15.0. The first-order chi connectivity index (χ1) is 13.0. The van der Waals surface area contributed by atoms with Crippen LogP contribution in [0.4, 0.5) is 11.4 Å². The Morgan fingerprint density at radius 2 is 2.04 bits per heavy atom. The molecule has 2 rings (SSSR count). The number of nitrogens with zero attached hydrogens (tertiary/aromatic N) is 2. The molecule has 0 saturated carbocycles. The second-order valence-corrected chi connectivity index (χ2v) is 5.30. The molecule has 9 nitrogen and oxygen atoms in total. The quantitative estimate of drug-likeness (QED) is 0.397. The third-order valence-corrected chi connectivity index (χ3v) is 3.42. The van der Waals surface area contributed by atoms with Crippen LogP contribution in [0.2, 0.25) is 0 Å². The molecular weight excluding hydrogens is 352 g/mol. The Bertz CT molecular complexity index is 838. The van der Waals surface area contributed by atoms with Crippen molar-refractivity contribution < 1.29 is 19.2 Å². The highest BCUT2D eigenvalue weighted by molar-refractivity contribution is 5.82. The molecule has 0 aromatic heterocycles. The van der Waals surface area contributed by atoms with E-state index < -0.39 is 4.92 Å². The number of rotatable bonds is 9. The van der Waals surface area contributed by atoms with Crippen LogP contribution in [0, 0.1) is 10.1 Å². The Kier molecular flexibility index (Phi) is 7.12. The van der Waals surface area contributed by atoms with Crippen molar-refractivity contribution >= 4 is 23.5 Å². The number of amides is 1. The average Bonchev–Trinajstić information content (AvgIpc) is 2.67. The standard InChI is InChI=1S/C18H20N4O5/c1-3-19-18(23)12-27-16-9-8-13(10-17(16)26-2)11-20-21-14-6-4-5-7-15(14)22(24)25/h4-11,21H,3,12H2,1-2H3,(H,19,23)/b20-11+. The highest BCUT2D eigenvalue weighted by Gasteiger charge is 2.11. The lowest BCUT2D eigenvalue weighted by Crippen LogP contribution is -2.28. The number of benzene rings is 2. The maximum Gasteiger partial charge on any atom is 0.294 e. The lowest BCUT2D eigenvalue weighted by atomic mass is 10.2. The number of para-hydroxylation sites is 2. The van der Waals surface area contributed by atoms with Crippen molar-refractivity contribution in [2.45, 2.75) is 6.92 Å². The van der Waals surface area contributed by atoms with E-state index in [0.29, 0.717) is 23.6 Å². The first kappa shape index (κ1) is 19.7. The summed E-state index contributed by atoms with van der Waals surface area (Å²) in [7, 11) is 1.49. The molecule has 0 aliphatic carbocycles. The van der Waals surface area contributed by atoms with Crippen LogP contribution in [0.3, 0.4) is 0 Å². The Morgan fingerprint density at radius 3 is 2.74 bits per heavy atom. The van der Waals surface area contributed by atoms with Crippen molar-refractivity contribution in [3.8, 4) is 11.5 Å². The van der Waals surface area contributed by atoms with E-state index >= 15 is 0 Å². The fourth-order valence-corrected chi connectivity index (χ4v) is 2.18. The lowest BCUT2D eigenvalue weighted by molar-refractivity contribution is -0.384. The minimum absolute atomic E-state index is 0.0682. The van der Waals surface area contributed by atoms with Gasteiger partial charge in [-0.25, -0.2) is 0 Å². The van der Waals surface area contributed by atoms with Gasteiger partial charge in [0.2, 0.25) is 0 Å². The van der Waals surface area contributed by atoms with Crippen molar-refractivity contribution in [3.63, 3.8) is 0 Å². The van der Waals surface area contributed by atoms with Gasteiger partial charge < -0.3 is 14.8 Å². The Morgan fingerprint density at radius 1 is 1.26 bits per heavy atom. The van der Waals surface area contributed by atoms with Gasteiger partial charge in [0.05, 0.1) is 18.2 Å². The van der Waals surface area contributed by atoms with Crippen LogP contribution >= 0.6 is 0 Å². The second kappa shape index (κ2) is 9.76. The summed E-state index contributed by atoms with van der Waals surface area (Å²) < 4.78 is 10.7. The summed E-state index contributed by atoms with van der Waals surface area (Å²) in [5, 5.41) is 17.6. The van der Waals surface area contributed by atoms with E-state index in [-0.39, 0.29) is 23.9 Å². The van der Waals surface area contributed by atoms with Gasteiger partial charge in [0.15, 0.2) is 18.1 Å². The van der Waals surface area contributed by atoms with Crippen LogP contribution in [0.15, 0.2) is 47.6 Å². The molecule has 9 heteroatoms. The Hall–Kier alpha value is -3.62. The second-order valence-electron chi connectivity index (χ2n) is 5.30. The summed E-state index contributed by atoms with van der Waals surface area (Å²) in [6.07, 6.45) is 1.49. The normalized spacial score (nSPS) is 10.4. The van der Waals surface area contributed by atoms with Crippen LogP contribution in [0.5, 0.6) is 11.5 Å². The van der Waals surface area contributed by atoms with Gasteiger partial charge in [0, 0.05) is 12.6 Å². The number of nitrogens with one attached hydrogen (secondary N) is 2. The van der Waals surface area contributed by atoms with Crippen LogP contribution in [0.1, 0.15) is 12.5 Å². The lowest BCUT2D eigenvalue weighted by Gasteiger charge is -2.11. The summed E-state index contributed by atoms with van der Waals surface area (Å²) in [4.78, 5) is 22.0. The summed E-state index contributed by atoms with van der Waals surface area (Å²) >= 11 is 0. The summed E-state index contributed by atoms with van der Waals surface area (Å²) in [6.45, 7) is 2.24. The zero-order valence-corrected chi connectivity index (χ0v) is 15.0. The number of likely N-dealkylation sites (N-methyl/N-ethyl adjacent to an activating group) is 1. The molecule has 0 bridgehead atoms. The van der Waals surface area contributed by atoms with Crippen molar-refractivity contribution in [3.05, 3.63) is 58.1 Å². The smallest absolute Gasteiger partial charge is 0.294 e. The number of carbonyl (C=O) groups excluding carboxylic acids is 1. The molecule has 2 N–H and O–H groups in total. The molecule has 0 aliphatic heterocycles. The van der Waals surface area contributed by atoms with Crippen LogP contribution in [-0.2, 0) is 4.79 Å². The van der Waals surface area contributed by atoms with Gasteiger partial charge in [0.1, 0.15) is 5.69 Å². The number of anilines is 1. The fourth-order valence-electron chi connectivity index (χ4n) is 2.18. The number of hydrazone groups is 1. The predicted octanol–water partition coefficient (Wildman–Crippen LogP) is 2.56. The third-order valence-electron chi connectivity index (χ3n) is 3.42. The molecule has 0 spiro atoms. The van der Waals surface area contributed by atoms with E-state index in [1.807, 2.05) is 6.92 Å². The maximum absolute atomic E-state index is 11.5. The van der Waals surface area contributed by atoms with Gasteiger partial charge in [0.25, 0.3) is 11.6 Å². The van der Waals surface area contributed by atoms with Gasteiger partial charge in [-0.1, -0.05) is 12.1 Å². The molecule has 2 aromatic carbocycles. The van der Waals surface area contributed by atoms with E-state index in [1.54, 1.807) is 36.4 Å². The molecule has 0 unspecified atom stereocenters. The number of nitro groups is 1. The van der Waals surface area contributed by atoms with E-state index in [2.05, 4.69) is 15.8 Å². The zero-order chi connectivity index (χ0) is 19.6. The highest BCUT2D eigenvalue weighted by atomic mass is 16.6. The molecule has 1 amide bonds. The van der Waals surface area contributed by atoms with E-state index in [0.717, 1.165) is 0 Å². The number of carbonyl (C=O) groups is 1. The number of hydrogen-bond donors (Lipinski definition) is 2. The van der Waals surface area contributed by atoms with Crippen LogP contribution in [0.25, 0.3) is 0 Å². The highest BCUT2D eigenvalue weighted by Crippen LogP contribution is 2.27. The van der Waals surface area contributed by atoms with Crippen molar-refractivity contribution in [1.82, 2.24) is 5.32 Å². The largest absolute Gasteiger partial charge is 0.493 e. The fraction of sp³-hybridized carbons (Fsp3) is 0.222. The SMILES string of the molecule is CCNC(=O)COc1ccc(/C=N/Nc2ccccc2[N+](=O)[O-])cc1OC. The molecular formula is C18H20N4O5. The number of nitro benzene ring substituents is 1.